The SMILES string of the molecule is COc1ccc(S(=O)(=O)N(C)C)cc1NC(=O)CCn1cnc2sc(C)c(C)c2c1=O. The Bertz CT molecular complexity index is 1310. The Hall–Kier alpha value is -2.76. The highest BCUT2D eigenvalue weighted by atomic mass is 32.2. The first-order valence-corrected chi connectivity index (χ1v) is 11.7. The molecule has 0 fully saturated rings. The number of carbonyl (C=O) groups excluding carboxylic acids is 1. The molecule has 166 valence electrons. The number of rotatable bonds is 7. The zero-order valence-electron chi connectivity index (χ0n) is 17.9. The van der Waals surface area contributed by atoms with Gasteiger partial charge in [0.1, 0.15) is 10.6 Å². The number of hydrogen-bond acceptors (Lipinski definition) is 7. The van der Waals surface area contributed by atoms with Crippen molar-refractivity contribution in [1.29, 1.82) is 0 Å². The first kappa shape index (κ1) is 22.9. The molecule has 31 heavy (non-hydrogen) atoms. The summed E-state index contributed by atoms with van der Waals surface area (Å²) in [5, 5.41) is 3.25. The Labute approximate surface area is 184 Å². The summed E-state index contributed by atoms with van der Waals surface area (Å²) in [5.41, 5.74) is 0.955. The van der Waals surface area contributed by atoms with Gasteiger partial charge < -0.3 is 10.1 Å². The van der Waals surface area contributed by atoms with Crippen molar-refractivity contribution in [3.63, 3.8) is 0 Å². The lowest BCUT2D eigenvalue weighted by Crippen LogP contribution is -2.24. The largest absolute Gasteiger partial charge is 0.495 e. The van der Waals surface area contributed by atoms with Crippen LogP contribution in [0.1, 0.15) is 16.9 Å². The molecule has 0 bridgehead atoms. The van der Waals surface area contributed by atoms with Crippen LogP contribution in [0, 0.1) is 13.8 Å². The number of sulfonamides is 1. The van der Waals surface area contributed by atoms with Gasteiger partial charge in [0, 0.05) is 31.9 Å². The van der Waals surface area contributed by atoms with Gasteiger partial charge in [0.2, 0.25) is 15.9 Å². The molecule has 0 saturated heterocycles. The number of amides is 1. The lowest BCUT2D eigenvalue weighted by atomic mass is 10.2. The zero-order chi connectivity index (χ0) is 22.9. The van der Waals surface area contributed by atoms with E-state index in [9.17, 15) is 18.0 Å². The number of fused-ring (bicyclic) bond motifs is 1. The number of nitrogens with one attached hydrogen (secondary N) is 1. The van der Waals surface area contributed by atoms with Gasteiger partial charge in [-0.15, -0.1) is 11.3 Å². The molecule has 0 spiro atoms. The van der Waals surface area contributed by atoms with Gasteiger partial charge in [-0.25, -0.2) is 17.7 Å². The van der Waals surface area contributed by atoms with Crippen molar-refractivity contribution in [1.82, 2.24) is 13.9 Å². The third-order valence-corrected chi connectivity index (χ3v) is 7.89. The molecule has 0 radical (unpaired) electrons. The van der Waals surface area contributed by atoms with Crippen molar-refractivity contribution in [2.45, 2.75) is 31.7 Å². The molecule has 0 aliphatic heterocycles. The smallest absolute Gasteiger partial charge is 0.262 e. The van der Waals surface area contributed by atoms with E-state index in [0.29, 0.717) is 16.0 Å². The van der Waals surface area contributed by atoms with Crippen molar-refractivity contribution < 1.29 is 17.9 Å². The quantitative estimate of drug-likeness (QED) is 0.575. The molecule has 0 saturated carbocycles. The number of thiophene rings is 1. The van der Waals surface area contributed by atoms with Gasteiger partial charge in [-0.3, -0.25) is 14.2 Å². The summed E-state index contributed by atoms with van der Waals surface area (Å²) >= 11 is 1.47. The highest BCUT2D eigenvalue weighted by Gasteiger charge is 2.20. The van der Waals surface area contributed by atoms with Crippen LogP contribution in [0.25, 0.3) is 10.2 Å². The van der Waals surface area contributed by atoms with E-state index in [4.69, 9.17) is 4.74 Å². The fraction of sp³-hybridized carbons (Fsp3) is 0.350. The first-order chi connectivity index (χ1) is 14.6. The van der Waals surface area contributed by atoms with Gasteiger partial charge in [0.15, 0.2) is 0 Å². The highest BCUT2D eigenvalue weighted by molar-refractivity contribution is 7.89. The molecule has 1 amide bonds. The number of carbonyl (C=O) groups is 1. The minimum atomic E-state index is -3.67. The number of aryl methyl sites for hydroxylation is 3. The molecule has 3 rings (SSSR count). The molecule has 1 aromatic carbocycles. The van der Waals surface area contributed by atoms with E-state index in [1.165, 1.54) is 61.6 Å². The average molecular weight is 465 g/mol. The van der Waals surface area contributed by atoms with E-state index in [1.54, 1.807) is 0 Å². The van der Waals surface area contributed by atoms with Crippen molar-refractivity contribution in [3.8, 4) is 5.75 Å². The van der Waals surface area contributed by atoms with Gasteiger partial charge >= 0.3 is 0 Å². The van der Waals surface area contributed by atoms with Crippen LogP contribution in [0.4, 0.5) is 5.69 Å². The predicted octanol–water partition coefficient (Wildman–Crippen LogP) is 2.36. The van der Waals surface area contributed by atoms with E-state index in [0.717, 1.165) is 14.7 Å². The van der Waals surface area contributed by atoms with E-state index in [-0.39, 0.29) is 35.0 Å². The van der Waals surface area contributed by atoms with Gasteiger partial charge in [-0.2, -0.15) is 0 Å². The second-order valence-corrected chi connectivity index (χ2v) is 10.5. The van der Waals surface area contributed by atoms with Crippen LogP contribution in [0.2, 0.25) is 0 Å². The molecule has 9 nitrogen and oxygen atoms in total. The van der Waals surface area contributed by atoms with E-state index < -0.39 is 10.0 Å². The van der Waals surface area contributed by atoms with Crippen molar-refractivity contribution >= 4 is 43.2 Å². The maximum absolute atomic E-state index is 12.8. The molecule has 2 heterocycles. The second-order valence-electron chi connectivity index (χ2n) is 7.15. The van der Waals surface area contributed by atoms with Crippen LogP contribution < -0.4 is 15.6 Å². The number of anilines is 1. The Kier molecular flexibility index (Phi) is 6.48. The highest BCUT2D eigenvalue weighted by Crippen LogP contribution is 2.29. The number of nitrogens with zero attached hydrogens (tertiary/aromatic N) is 3. The Morgan fingerprint density at radius 2 is 2.00 bits per heavy atom. The standard InChI is InChI=1S/C20H24N4O5S2/c1-12-13(2)30-19-18(12)20(26)24(11-21-19)9-8-17(25)22-15-10-14(6-7-16(15)29-5)31(27,28)23(3)4/h6-7,10-11H,8-9H2,1-5H3,(H,22,25). The Balaban J connectivity index is 1.80. The van der Waals surface area contributed by atoms with Crippen LogP contribution in [0.3, 0.4) is 0 Å². The summed E-state index contributed by atoms with van der Waals surface area (Å²) in [6.07, 6.45) is 1.45. The molecular formula is C20H24N4O5S2. The zero-order valence-corrected chi connectivity index (χ0v) is 19.6. The van der Waals surface area contributed by atoms with E-state index in [1.807, 2.05) is 13.8 Å². The summed E-state index contributed by atoms with van der Waals surface area (Å²) in [4.78, 5) is 31.4. The number of aromatic nitrogens is 2. The van der Waals surface area contributed by atoms with Crippen LogP contribution in [-0.4, -0.2) is 49.4 Å². The molecule has 0 atom stereocenters. The van der Waals surface area contributed by atoms with Crippen LogP contribution in [-0.2, 0) is 21.4 Å². The Morgan fingerprint density at radius 3 is 2.65 bits per heavy atom. The van der Waals surface area contributed by atoms with E-state index >= 15 is 0 Å². The molecule has 0 unspecified atom stereocenters. The maximum atomic E-state index is 12.8. The molecule has 3 aromatic rings. The fourth-order valence-electron chi connectivity index (χ4n) is 3.02. The minimum Gasteiger partial charge on any atom is -0.495 e. The number of hydrogen-bond donors (Lipinski definition) is 1. The van der Waals surface area contributed by atoms with Crippen molar-refractivity contribution in [2.75, 3.05) is 26.5 Å². The molecule has 2 aromatic heterocycles. The lowest BCUT2D eigenvalue weighted by Gasteiger charge is -2.15. The van der Waals surface area contributed by atoms with Gasteiger partial charge in [-0.1, -0.05) is 0 Å². The van der Waals surface area contributed by atoms with Crippen molar-refractivity contribution in [2.24, 2.45) is 0 Å². The lowest BCUT2D eigenvalue weighted by molar-refractivity contribution is -0.116. The second kappa shape index (κ2) is 8.77. The van der Waals surface area contributed by atoms with Gasteiger partial charge in [-0.05, 0) is 37.6 Å². The predicted molar refractivity (Wildman–Crippen MR) is 120 cm³/mol. The topological polar surface area (TPSA) is 111 Å². The third-order valence-electron chi connectivity index (χ3n) is 4.96. The monoisotopic (exact) mass is 464 g/mol. The van der Waals surface area contributed by atoms with Crippen LogP contribution in [0.15, 0.2) is 34.2 Å². The summed E-state index contributed by atoms with van der Waals surface area (Å²) < 4.78 is 32.5. The van der Waals surface area contributed by atoms with Gasteiger partial charge in [0.25, 0.3) is 5.56 Å². The molecule has 11 heteroatoms. The molecular weight excluding hydrogens is 440 g/mol. The van der Waals surface area contributed by atoms with Gasteiger partial charge in [0.05, 0.1) is 29.4 Å². The number of ether oxygens (including phenoxy) is 1. The summed E-state index contributed by atoms with van der Waals surface area (Å²) in [6, 6.07) is 4.24. The third kappa shape index (κ3) is 4.48. The first-order valence-electron chi connectivity index (χ1n) is 9.41. The minimum absolute atomic E-state index is 0.00305. The van der Waals surface area contributed by atoms with Crippen molar-refractivity contribution in [3.05, 3.63) is 45.3 Å². The molecule has 1 N–H and O–H groups in total. The maximum Gasteiger partial charge on any atom is 0.262 e. The normalized spacial score (nSPS) is 11.8. The summed E-state index contributed by atoms with van der Waals surface area (Å²) in [6.45, 7) is 3.96. The average Bonchev–Trinajstić information content (AvgIpc) is 3.01. The number of methoxy groups -OCH3 is 1. The summed E-state index contributed by atoms with van der Waals surface area (Å²) in [7, 11) is 0.612. The fourth-order valence-corrected chi connectivity index (χ4v) is 4.94. The van der Waals surface area contributed by atoms with Crippen LogP contribution >= 0.6 is 11.3 Å². The van der Waals surface area contributed by atoms with E-state index in [2.05, 4.69) is 10.3 Å². The number of benzene rings is 1. The Morgan fingerprint density at radius 1 is 1.29 bits per heavy atom. The molecule has 0 aliphatic carbocycles. The molecule has 0 aliphatic rings. The van der Waals surface area contributed by atoms with Crippen LogP contribution in [0.5, 0.6) is 5.75 Å². The summed E-state index contributed by atoms with van der Waals surface area (Å²) in [5.74, 6) is -0.0569.